The topological polar surface area (TPSA) is 23.6 Å². The van der Waals surface area contributed by atoms with Gasteiger partial charge in [-0.1, -0.05) is 11.6 Å². The van der Waals surface area contributed by atoms with E-state index in [0.29, 0.717) is 17.0 Å². The summed E-state index contributed by atoms with van der Waals surface area (Å²) in [6.45, 7) is 1.84. The number of carbonyl (C=O) groups is 1. The van der Waals surface area contributed by atoms with E-state index >= 15 is 0 Å². The van der Waals surface area contributed by atoms with Crippen molar-refractivity contribution in [1.29, 1.82) is 0 Å². The van der Waals surface area contributed by atoms with Gasteiger partial charge in [0, 0.05) is 35.6 Å². The predicted octanol–water partition coefficient (Wildman–Crippen LogP) is 3.33. The average molecular weight is 309 g/mol. The Hall–Kier alpha value is -0.900. The van der Waals surface area contributed by atoms with E-state index in [2.05, 4.69) is 30.9 Å². The first-order chi connectivity index (χ1) is 9.93. The predicted molar refractivity (Wildman–Crippen MR) is 88.2 cm³/mol. The molecule has 4 heteroatoms. The third-order valence-corrected chi connectivity index (χ3v) is 4.94. The second-order valence-electron chi connectivity index (χ2n) is 6.39. The standard InChI is InChI=1S/C17H25ClN2O/c1-19(2)17(10-4-11-17)13-20(3)12-9-16(21)14-5-7-15(18)8-6-14/h5-8H,4,9-13H2,1-3H3. The number of benzene rings is 1. The van der Waals surface area contributed by atoms with Crippen LogP contribution < -0.4 is 0 Å². The van der Waals surface area contributed by atoms with Crippen LogP contribution in [-0.2, 0) is 0 Å². The molecule has 0 spiro atoms. The third kappa shape index (κ3) is 4.06. The van der Waals surface area contributed by atoms with Crippen molar-refractivity contribution in [3.05, 3.63) is 34.9 Å². The number of hydrogen-bond acceptors (Lipinski definition) is 3. The fraction of sp³-hybridized carbons (Fsp3) is 0.588. The molecule has 0 bridgehead atoms. The van der Waals surface area contributed by atoms with Crippen LogP contribution in [0, 0.1) is 0 Å². The van der Waals surface area contributed by atoms with Crippen molar-refractivity contribution in [2.75, 3.05) is 34.2 Å². The zero-order valence-electron chi connectivity index (χ0n) is 13.2. The van der Waals surface area contributed by atoms with Crippen LogP contribution >= 0.6 is 11.6 Å². The Morgan fingerprint density at radius 3 is 2.29 bits per heavy atom. The van der Waals surface area contributed by atoms with Crippen LogP contribution in [0.5, 0.6) is 0 Å². The molecule has 116 valence electrons. The molecular formula is C17H25ClN2O. The summed E-state index contributed by atoms with van der Waals surface area (Å²) >= 11 is 5.84. The molecule has 1 aliphatic carbocycles. The maximum Gasteiger partial charge on any atom is 0.164 e. The normalized spacial score (nSPS) is 17.0. The minimum absolute atomic E-state index is 0.186. The SMILES string of the molecule is CN(CCC(=O)c1ccc(Cl)cc1)CC1(N(C)C)CCC1. The second-order valence-corrected chi connectivity index (χ2v) is 6.83. The van der Waals surface area contributed by atoms with E-state index in [1.54, 1.807) is 24.3 Å². The van der Waals surface area contributed by atoms with Crippen molar-refractivity contribution in [3.63, 3.8) is 0 Å². The maximum absolute atomic E-state index is 12.2. The molecule has 0 aliphatic heterocycles. The number of ketones is 1. The largest absolute Gasteiger partial charge is 0.304 e. The van der Waals surface area contributed by atoms with Gasteiger partial charge in [0.25, 0.3) is 0 Å². The molecule has 1 aliphatic rings. The van der Waals surface area contributed by atoms with Crippen LogP contribution in [0.3, 0.4) is 0 Å². The Morgan fingerprint density at radius 2 is 1.81 bits per heavy atom. The molecule has 1 aromatic carbocycles. The van der Waals surface area contributed by atoms with Gasteiger partial charge in [-0.05, 0) is 64.7 Å². The first-order valence-corrected chi connectivity index (χ1v) is 7.95. The van der Waals surface area contributed by atoms with E-state index in [9.17, 15) is 4.79 Å². The molecule has 2 rings (SSSR count). The van der Waals surface area contributed by atoms with Crippen LogP contribution in [0.4, 0.5) is 0 Å². The van der Waals surface area contributed by atoms with Crippen LogP contribution in [-0.4, -0.2) is 55.4 Å². The van der Waals surface area contributed by atoms with Crippen molar-refractivity contribution in [3.8, 4) is 0 Å². The average Bonchev–Trinajstić information content (AvgIpc) is 2.40. The number of nitrogens with zero attached hydrogens (tertiary/aromatic N) is 2. The molecule has 0 N–H and O–H groups in total. The van der Waals surface area contributed by atoms with E-state index in [1.165, 1.54) is 19.3 Å². The summed E-state index contributed by atoms with van der Waals surface area (Å²) in [6, 6.07) is 7.15. The summed E-state index contributed by atoms with van der Waals surface area (Å²) in [4.78, 5) is 16.8. The second kappa shape index (κ2) is 6.91. The summed E-state index contributed by atoms with van der Waals surface area (Å²) in [7, 11) is 6.43. The van der Waals surface area contributed by atoms with Gasteiger partial charge in [0.2, 0.25) is 0 Å². The maximum atomic E-state index is 12.2. The third-order valence-electron chi connectivity index (χ3n) is 4.68. The lowest BCUT2D eigenvalue weighted by molar-refractivity contribution is 0.0276. The lowest BCUT2D eigenvalue weighted by Gasteiger charge is -2.49. The van der Waals surface area contributed by atoms with Gasteiger partial charge in [-0.2, -0.15) is 0 Å². The molecular weight excluding hydrogens is 284 g/mol. The quantitative estimate of drug-likeness (QED) is 0.722. The van der Waals surface area contributed by atoms with Gasteiger partial charge in [-0.15, -0.1) is 0 Å². The number of hydrogen-bond donors (Lipinski definition) is 0. The molecule has 0 radical (unpaired) electrons. The zero-order valence-corrected chi connectivity index (χ0v) is 14.0. The number of Topliss-reactive ketones (excluding diaryl/α,β-unsaturated/α-hetero) is 1. The first-order valence-electron chi connectivity index (χ1n) is 7.58. The fourth-order valence-electron chi connectivity index (χ4n) is 2.99. The van der Waals surface area contributed by atoms with Crippen LogP contribution in [0.1, 0.15) is 36.0 Å². The highest BCUT2D eigenvalue weighted by Gasteiger charge is 2.39. The lowest BCUT2D eigenvalue weighted by Crippen LogP contribution is -2.56. The highest BCUT2D eigenvalue weighted by atomic mass is 35.5. The summed E-state index contributed by atoms with van der Waals surface area (Å²) < 4.78 is 0. The Morgan fingerprint density at radius 1 is 1.19 bits per heavy atom. The minimum atomic E-state index is 0.186. The van der Waals surface area contributed by atoms with Gasteiger partial charge in [0.05, 0.1) is 0 Å². The Bertz CT molecular complexity index is 480. The van der Waals surface area contributed by atoms with Gasteiger partial charge < -0.3 is 9.80 Å². The van der Waals surface area contributed by atoms with E-state index in [1.807, 2.05) is 0 Å². The number of carbonyl (C=O) groups excluding carboxylic acids is 1. The van der Waals surface area contributed by atoms with E-state index < -0.39 is 0 Å². The summed E-state index contributed by atoms with van der Waals surface area (Å²) in [6.07, 6.45) is 4.39. The smallest absolute Gasteiger partial charge is 0.164 e. The molecule has 0 atom stereocenters. The molecule has 0 amide bonds. The van der Waals surface area contributed by atoms with Gasteiger partial charge in [0.1, 0.15) is 0 Å². The molecule has 0 aromatic heterocycles. The molecule has 0 saturated heterocycles. The van der Waals surface area contributed by atoms with Crippen LogP contribution in [0.15, 0.2) is 24.3 Å². The Kier molecular flexibility index (Phi) is 5.42. The van der Waals surface area contributed by atoms with E-state index in [-0.39, 0.29) is 5.78 Å². The molecule has 1 aromatic rings. The van der Waals surface area contributed by atoms with Crippen LogP contribution in [0.25, 0.3) is 0 Å². The van der Waals surface area contributed by atoms with Crippen molar-refractivity contribution in [2.24, 2.45) is 0 Å². The molecule has 1 saturated carbocycles. The van der Waals surface area contributed by atoms with E-state index in [0.717, 1.165) is 18.7 Å². The molecule has 21 heavy (non-hydrogen) atoms. The highest BCUT2D eigenvalue weighted by Crippen LogP contribution is 2.36. The number of rotatable bonds is 7. The fourth-order valence-corrected chi connectivity index (χ4v) is 3.11. The summed E-state index contributed by atoms with van der Waals surface area (Å²) in [5.74, 6) is 0.186. The molecule has 0 heterocycles. The molecule has 1 fully saturated rings. The van der Waals surface area contributed by atoms with Crippen molar-refractivity contribution < 1.29 is 4.79 Å². The Balaban J connectivity index is 1.82. The highest BCUT2D eigenvalue weighted by molar-refractivity contribution is 6.30. The van der Waals surface area contributed by atoms with Crippen LogP contribution in [0.2, 0.25) is 5.02 Å². The van der Waals surface area contributed by atoms with Crippen molar-refractivity contribution in [1.82, 2.24) is 9.80 Å². The van der Waals surface area contributed by atoms with Crippen molar-refractivity contribution in [2.45, 2.75) is 31.2 Å². The molecule has 3 nitrogen and oxygen atoms in total. The molecule has 0 unspecified atom stereocenters. The first kappa shape index (κ1) is 16.5. The monoisotopic (exact) mass is 308 g/mol. The summed E-state index contributed by atoms with van der Waals surface area (Å²) in [5.41, 5.74) is 1.07. The lowest BCUT2D eigenvalue weighted by atomic mass is 9.75. The minimum Gasteiger partial charge on any atom is -0.304 e. The van der Waals surface area contributed by atoms with Gasteiger partial charge >= 0.3 is 0 Å². The summed E-state index contributed by atoms with van der Waals surface area (Å²) in [5, 5.41) is 0.668. The van der Waals surface area contributed by atoms with Gasteiger partial charge in [-0.25, -0.2) is 0 Å². The Labute approximate surface area is 132 Å². The van der Waals surface area contributed by atoms with Crippen molar-refractivity contribution >= 4 is 17.4 Å². The van der Waals surface area contributed by atoms with Gasteiger partial charge in [-0.3, -0.25) is 4.79 Å². The zero-order chi connectivity index (χ0) is 15.5. The number of likely N-dealkylation sites (N-methyl/N-ethyl adjacent to an activating group) is 2. The number of halogens is 1. The van der Waals surface area contributed by atoms with Gasteiger partial charge in [0.15, 0.2) is 5.78 Å². The van der Waals surface area contributed by atoms with E-state index in [4.69, 9.17) is 11.6 Å².